The number of carbonyl (C=O) groups excluding carboxylic acids is 1. The molecule has 6 nitrogen and oxygen atoms in total. The van der Waals surface area contributed by atoms with E-state index in [1.807, 2.05) is 50.4 Å². The van der Waals surface area contributed by atoms with Crippen molar-refractivity contribution in [2.75, 3.05) is 6.54 Å². The molecule has 1 aromatic carbocycles. The van der Waals surface area contributed by atoms with Crippen molar-refractivity contribution in [3.63, 3.8) is 0 Å². The van der Waals surface area contributed by atoms with Crippen molar-refractivity contribution in [1.82, 2.24) is 14.9 Å². The van der Waals surface area contributed by atoms with E-state index in [-0.39, 0.29) is 36.8 Å². The molecule has 0 saturated heterocycles. The number of carbonyl (C=O) groups is 1. The highest BCUT2D eigenvalue weighted by atomic mass is 35.5. The van der Waals surface area contributed by atoms with Crippen LogP contribution in [0.2, 0.25) is 0 Å². The monoisotopic (exact) mass is 420 g/mol. The van der Waals surface area contributed by atoms with E-state index in [9.17, 15) is 9.59 Å². The molecule has 2 aromatic heterocycles. The first-order chi connectivity index (χ1) is 12.8. The number of nitrogens with zero attached hydrogens (tertiary/aromatic N) is 2. The van der Waals surface area contributed by atoms with E-state index < -0.39 is 5.54 Å². The Morgan fingerprint density at radius 2 is 1.96 bits per heavy atom. The van der Waals surface area contributed by atoms with E-state index in [2.05, 4.69) is 10.3 Å². The number of aromatic nitrogens is 2. The Kier molecular flexibility index (Phi) is 6.98. The van der Waals surface area contributed by atoms with Gasteiger partial charge in [0, 0.05) is 36.0 Å². The van der Waals surface area contributed by atoms with Crippen LogP contribution in [-0.2, 0) is 11.3 Å². The van der Waals surface area contributed by atoms with Gasteiger partial charge in [-0.05, 0) is 26.3 Å². The highest BCUT2D eigenvalue weighted by Crippen LogP contribution is 2.30. The van der Waals surface area contributed by atoms with Crippen molar-refractivity contribution < 1.29 is 4.79 Å². The molecule has 0 bridgehead atoms. The number of benzene rings is 1. The highest BCUT2D eigenvalue weighted by Gasteiger charge is 2.18. The van der Waals surface area contributed by atoms with Gasteiger partial charge in [0.2, 0.25) is 5.91 Å². The molecule has 0 aliphatic carbocycles. The summed E-state index contributed by atoms with van der Waals surface area (Å²) in [4.78, 5) is 30.2. The molecule has 150 valence electrons. The first-order valence-electron chi connectivity index (χ1n) is 8.85. The van der Waals surface area contributed by atoms with E-state index in [1.54, 1.807) is 0 Å². The number of nitrogens with two attached hydrogens (primary N) is 1. The van der Waals surface area contributed by atoms with Crippen LogP contribution < -0.4 is 16.6 Å². The minimum absolute atomic E-state index is 0. The molecule has 0 atom stereocenters. The topological polar surface area (TPSA) is 90.0 Å². The van der Waals surface area contributed by atoms with Crippen LogP contribution in [0, 0.1) is 6.92 Å². The zero-order valence-electron chi connectivity index (χ0n) is 16.2. The van der Waals surface area contributed by atoms with Gasteiger partial charge >= 0.3 is 0 Å². The Morgan fingerprint density at radius 3 is 2.61 bits per heavy atom. The lowest BCUT2D eigenvalue weighted by Crippen LogP contribution is -2.49. The van der Waals surface area contributed by atoms with Gasteiger partial charge in [0.25, 0.3) is 5.56 Å². The summed E-state index contributed by atoms with van der Waals surface area (Å²) in [7, 11) is 0. The quantitative estimate of drug-likeness (QED) is 0.641. The second-order valence-corrected chi connectivity index (χ2v) is 8.18. The van der Waals surface area contributed by atoms with Gasteiger partial charge in [0.1, 0.15) is 4.83 Å². The van der Waals surface area contributed by atoms with Crippen molar-refractivity contribution in [2.24, 2.45) is 5.73 Å². The van der Waals surface area contributed by atoms with E-state index in [4.69, 9.17) is 5.73 Å². The fourth-order valence-electron chi connectivity index (χ4n) is 2.79. The molecule has 28 heavy (non-hydrogen) atoms. The van der Waals surface area contributed by atoms with E-state index in [0.29, 0.717) is 16.8 Å². The lowest BCUT2D eigenvalue weighted by Gasteiger charge is -2.24. The Hall–Kier alpha value is -2.22. The lowest BCUT2D eigenvalue weighted by atomic mass is 10.1. The number of hydrogen-bond acceptors (Lipinski definition) is 5. The molecule has 0 spiro atoms. The van der Waals surface area contributed by atoms with Crippen molar-refractivity contribution >= 4 is 39.9 Å². The molecule has 2 heterocycles. The van der Waals surface area contributed by atoms with Crippen LogP contribution >= 0.6 is 23.7 Å². The first kappa shape index (κ1) is 22.1. The minimum Gasteiger partial charge on any atom is -0.350 e. The van der Waals surface area contributed by atoms with Gasteiger partial charge in [-0.1, -0.05) is 29.8 Å². The molecule has 0 radical (unpaired) electrons. The molecule has 3 N–H and O–H groups in total. The summed E-state index contributed by atoms with van der Waals surface area (Å²) in [5, 5.41) is 5.44. The maximum Gasteiger partial charge on any atom is 0.262 e. The van der Waals surface area contributed by atoms with Gasteiger partial charge in [-0.2, -0.15) is 0 Å². The summed E-state index contributed by atoms with van der Waals surface area (Å²) in [5.74, 6) is -0.137. The van der Waals surface area contributed by atoms with Crippen LogP contribution in [0.4, 0.5) is 0 Å². The second kappa shape index (κ2) is 8.86. The van der Waals surface area contributed by atoms with Gasteiger partial charge in [-0.25, -0.2) is 4.98 Å². The Balaban J connectivity index is 0.00000280. The summed E-state index contributed by atoms with van der Waals surface area (Å²) in [6.45, 7) is 6.38. The molecular weight excluding hydrogens is 396 g/mol. The molecule has 0 aliphatic rings. The molecule has 0 unspecified atom stereocenters. The SMILES string of the molecule is Cc1ccc(-c2csc3ncn(CCC(=O)NC(C)(C)CN)c(=O)c23)cc1.Cl. The van der Waals surface area contributed by atoms with Crippen LogP contribution in [0.25, 0.3) is 21.3 Å². The van der Waals surface area contributed by atoms with Crippen LogP contribution in [0.3, 0.4) is 0 Å². The largest absolute Gasteiger partial charge is 0.350 e. The second-order valence-electron chi connectivity index (χ2n) is 7.32. The van der Waals surface area contributed by atoms with Crippen LogP contribution in [0.15, 0.2) is 40.8 Å². The molecule has 0 saturated carbocycles. The van der Waals surface area contributed by atoms with E-state index in [1.165, 1.54) is 27.8 Å². The predicted molar refractivity (Wildman–Crippen MR) is 117 cm³/mol. The summed E-state index contributed by atoms with van der Waals surface area (Å²) in [6, 6.07) is 8.07. The number of hydrogen-bond donors (Lipinski definition) is 2. The van der Waals surface area contributed by atoms with Crippen LogP contribution in [-0.4, -0.2) is 27.5 Å². The fraction of sp³-hybridized carbons (Fsp3) is 0.350. The molecule has 0 aliphatic heterocycles. The minimum atomic E-state index is -0.462. The van der Waals surface area contributed by atoms with Crippen molar-refractivity contribution in [3.8, 4) is 11.1 Å². The molecule has 3 rings (SSSR count). The number of nitrogens with one attached hydrogen (secondary N) is 1. The highest BCUT2D eigenvalue weighted by molar-refractivity contribution is 7.17. The number of fused-ring (bicyclic) bond motifs is 1. The zero-order chi connectivity index (χ0) is 19.6. The standard InChI is InChI=1S/C20H24N4O2S.ClH/c1-13-4-6-14(7-5-13)15-10-27-18-17(15)19(26)24(12-22-18)9-8-16(25)23-20(2,3)11-21;/h4-7,10,12H,8-9,11,21H2,1-3H3,(H,23,25);1H. The number of thiophene rings is 1. The maximum absolute atomic E-state index is 13.0. The van der Waals surface area contributed by atoms with E-state index in [0.717, 1.165) is 11.1 Å². The molecule has 3 aromatic rings. The van der Waals surface area contributed by atoms with Gasteiger partial charge in [-0.15, -0.1) is 23.7 Å². The summed E-state index contributed by atoms with van der Waals surface area (Å²) in [6.07, 6.45) is 1.71. The van der Waals surface area contributed by atoms with Crippen LogP contribution in [0.1, 0.15) is 25.8 Å². The maximum atomic E-state index is 13.0. The normalized spacial score (nSPS) is 11.3. The third-order valence-electron chi connectivity index (χ3n) is 4.49. The van der Waals surface area contributed by atoms with Gasteiger partial charge in [0.15, 0.2) is 0 Å². The number of aryl methyl sites for hydroxylation is 2. The predicted octanol–water partition coefficient (Wildman–Crippen LogP) is 3.10. The Labute approximate surface area is 174 Å². The Morgan fingerprint density at radius 1 is 1.29 bits per heavy atom. The average molecular weight is 421 g/mol. The van der Waals surface area contributed by atoms with Crippen molar-refractivity contribution in [1.29, 1.82) is 0 Å². The van der Waals surface area contributed by atoms with Gasteiger partial charge in [-0.3, -0.25) is 14.2 Å². The number of rotatable bonds is 6. The molecule has 0 fully saturated rings. The molecule has 1 amide bonds. The first-order valence-corrected chi connectivity index (χ1v) is 9.73. The third-order valence-corrected chi connectivity index (χ3v) is 5.38. The van der Waals surface area contributed by atoms with Crippen LogP contribution in [0.5, 0.6) is 0 Å². The fourth-order valence-corrected chi connectivity index (χ4v) is 3.69. The summed E-state index contributed by atoms with van der Waals surface area (Å²) < 4.78 is 1.50. The molecular formula is C20H25ClN4O2S. The van der Waals surface area contributed by atoms with Crippen molar-refractivity contribution in [2.45, 2.75) is 39.3 Å². The third kappa shape index (κ3) is 4.79. The van der Waals surface area contributed by atoms with E-state index >= 15 is 0 Å². The smallest absolute Gasteiger partial charge is 0.262 e. The average Bonchev–Trinajstić information content (AvgIpc) is 3.06. The summed E-state index contributed by atoms with van der Waals surface area (Å²) >= 11 is 1.45. The van der Waals surface area contributed by atoms with Gasteiger partial charge in [0.05, 0.1) is 11.7 Å². The lowest BCUT2D eigenvalue weighted by molar-refractivity contribution is -0.122. The zero-order valence-corrected chi connectivity index (χ0v) is 17.8. The van der Waals surface area contributed by atoms with Gasteiger partial charge < -0.3 is 11.1 Å². The molecule has 8 heteroatoms. The number of halogens is 1. The summed E-state index contributed by atoms with van der Waals surface area (Å²) in [5.41, 5.74) is 8.10. The Bertz CT molecular complexity index is 1020. The number of amides is 1. The van der Waals surface area contributed by atoms with Crippen molar-refractivity contribution in [3.05, 3.63) is 51.9 Å².